The Balaban J connectivity index is 3.80. The highest BCUT2D eigenvalue weighted by molar-refractivity contribution is 5.87. The van der Waals surface area contributed by atoms with E-state index in [0.29, 0.717) is 12.2 Å². The Morgan fingerprint density at radius 3 is 2.62 bits per heavy atom. The molecule has 0 unspecified atom stereocenters. The van der Waals surface area contributed by atoms with Crippen LogP contribution in [0.5, 0.6) is 0 Å². The van der Waals surface area contributed by atoms with Gasteiger partial charge in [0.15, 0.2) is 0 Å². The van der Waals surface area contributed by atoms with E-state index in [0.717, 1.165) is 12.8 Å². The molecule has 0 aromatic rings. The van der Waals surface area contributed by atoms with Crippen LogP contribution < -0.4 is 0 Å². The lowest BCUT2D eigenvalue weighted by Crippen LogP contribution is -2.04. The van der Waals surface area contributed by atoms with E-state index in [9.17, 15) is 4.79 Å². The summed E-state index contributed by atoms with van der Waals surface area (Å²) in [7, 11) is 0. The van der Waals surface area contributed by atoms with Gasteiger partial charge in [0.25, 0.3) is 0 Å². The molecule has 2 heteroatoms. The minimum atomic E-state index is -0.206. The molecule has 2 nitrogen and oxygen atoms in total. The Morgan fingerprint density at radius 2 is 2.08 bits per heavy atom. The van der Waals surface area contributed by atoms with Crippen LogP contribution in [0.3, 0.4) is 0 Å². The van der Waals surface area contributed by atoms with Gasteiger partial charge in [-0.05, 0) is 33.6 Å². The van der Waals surface area contributed by atoms with Gasteiger partial charge < -0.3 is 4.74 Å². The fraction of sp³-hybridized carbons (Fsp3) is 0.545. The summed E-state index contributed by atoms with van der Waals surface area (Å²) in [4.78, 5) is 11.1. The van der Waals surface area contributed by atoms with Crippen LogP contribution in [0.4, 0.5) is 0 Å². The number of allylic oxidation sites excluding steroid dienone is 3. The van der Waals surface area contributed by atoms with Gasteiger partial charge in [-0.25, -0.2) is 4.79 Å². The number of hydrogen-bond donors (Lipinski definition) is 0. The number of esters is 1. The minimum Gasteiger partial charge on any atom is -0.463 e. The van der Waals surface area contributed by atoms with Crippen molar-refractivity contribution in [2.75, 3.05) is 6.61 Å². The highest BCUT2D eigenvalue weighted by atomic mass is 16.5. The summed E-state index contributed by atoms with van der Waals surface area (Å²) < 4.78 is 4.84. The van der Waals surface area contributed by atoms with E-state index in [4.69, 9.17) is 4.74 Å². The second kappa shape index (κ2) is 7.59. The lowest BCUT2D eigenvalue weighted by molar-refractivity contribution is -0.138. The van der Waals surface area contributed by atoms with Crippen LogP contribution in [-0.4, -0.2) is 12.6 Å². The largest absolute Gasteiger partial charge is 0.463 e. The Kier molecular flexibility index (Phi) is 6.98. The van der Waals surface area contributed by atoms with Gasteiger partial charge in [0.1, 0.15) is 0 Å². The molecule has 0 saturated carbocycles. The fourth-order valence-corrected chi connectivity index (χ4v) is 0.891. The summed E-state index contributed by atoms with van der Waals surface area (Å²) in [5.74, 6) is -0.206. The normalized spacial score (nSPS) is 12.1. The zero-order valence-corrected chi connectivity index (χ0v) is 8.67. The Hall–Kier alpha value is -1.05. The van der Waals surface area contributed by atoms with Crippen molar-refractivity contribution in [1.82, 2.24) is 0 Å². The molecule has 0 aliphatic carbocycles. The van der Waals surface area contributed by atoms with Gasteiger partial charge in [-0.2, -0.15) is 0 Å². The van der Waals surface area contributed by atoms with E-state index in [1.165, 1.54) is 0 Å². The van der Waals surface area contributed by atoms with Crippen LogP contribution in [0.1, 0.15) is 33.6 Å². The van der Waals surface area contributed by atoms with Crippen molar-refractivity contribution >= 4 is 5.97 Å². The van der Waals surface area contributed by atoms with Crippen LogP contribution in [0.15, 0.2) is 23.8 Å². The molecule has 13 heavy (non-hydrogen) atoms. The average Bonchev–Trinajstić information content (AvgIpc) is 2.12. The van der Waals surface area contributed by atoms with Gasteiger partial charge in [0.05, 0.1) is 6.61 Å². The molecule has 0 spiro atoms. The van der Waals surface area contributed by atoms with Crippen molar-refractivity contribution < 1.29 is 9.53 Å². The highest BCUT2D eigenvalue weighted by Crippen LogP contribution is 2.01. The minimum absolute atomic E-state index is 0.206. The summed E-state index contributed by atoms with van der Waals surface area (Å²) in [6.45, 7) is 6.03. The molecule has 0 aliphatic heterocycles. The quantitative estimate of drug-likeness (QED) is 0.283. The molecular weight excluding hydrogens is 164 g/mol. The molecule has 0 N–H and O–H groups in total. The zero-order chi connectivity index (χ0) is 10.1. The standard InChI is InChI=1S/C11H18O2/c1-4-6-7-8-9-10(3)11(12)13-5-2/h4,6,9H,5,7-8H2,1-3H3. The first-order valence-corrected chi connectivity index (χ1v) is 4.67. The Bertz CT molecular complexity index is 202. The molecule has 0 heterocycles. The van der Waals surface area contributed by atoms with E-state index in [1.54, 1.807) is 6.92 Å². The summed E-state index contributed by atoms with van der Waals surface area (Å²) in [5.41, 5.74) is 0.700. The highest BCUT2D eigenvalue weighted by Gasteiger charge is 2.02. The fourth-order valence-electron chi connectivity index (χ4n) is 0.891. The summed E-state index contributed by atoms with van der Waals surface area (Å²) in [6, 6.07) is 0. The second-order valence-electron chi connectivity index (χ2n) is 2.75. The maximum atomic E-state index is 11.1. The summed E-state index contributed by atoms with van der Waals surface area (Å²) in [5, 5.41) is 0. The van der Waals surface area contributed by atoms with Crippen LogP contribution >= 0.6 is 0 Å². The lowest BCUT2D eigenvalue weighted by Gasteiger charge is -2.00. The van der Waals surface area contributed by atoms with Crippen molar-refractivity contribution in [3.63, 3.8) is 0 Å². The van der Waals surface area contributed by atoms with Crippen LogP contribution in [0.25, 0.3) is 0 Å². The predicted molar refractivity (Wildman–Crippen MR) is 54.4 cm³/mol. The molecule has 0 fully saturated rings. The van der Waals surface area contributed by atoms with Gasteiger partial charge in [-0.1, -0.05) is 18.2 Å². The third-order valence-electron chi connectivity index (χ3n) is 1.62. The number of hydrogen-bond acceptors (Lipinski definition) is 2. The van der Waals surface area contributed by atoms with Crippen LogP contribution in [0, 0.1) is 0 Å². The second-order valence-corrected chi connectivity index (χ2v) is 2.75. The van der Waals surface area contributed by atoms with Crippen molar-refractivity contribution in [3.05, 3.63) is 23.8 Å². The first-order chi connectivity index (χ1) is 6.22. The smallest absolute Gasteiger partial charge is 0.333 e. The average molecular weight is 182 g/mol. The molecular formula is C11H18O2. The van der Waals surface area contributed by atoms with Crippen LogP contribution in [-0.2, 0) is 9.53 Å². The van der Waals surface area contributed by atoms with Gasteiger partial charge in [0.2, 0.25) is 0 Å². The molecule has 0 atom stereocenters. The molecule has 0 aromatic heterocycles. The number of rotatable bonds is 5. The van der Waals surface area contributed by atoms with Crippen LogP contribution in [0.2, 0.25) is 0 Å². The molecule has 0 amide bonds. The van der Waals surface area contributed by atoms with Gasteiger partial charge in [-0.3, -0.25) is 0 Å². The van der Waals surface area contributed by atoms with Gasteiger partial charge in [-0.15, -0.1) is 0 Å². The van der Waals surface area contributed by atoms with E-state index in [1.807, 2.05) is 26.0 Å². The van der Waals surface area contributed by atoms with Crippen molar-refractivity contribution in [1.29, 1.82) is 0 Å². The van der Waals surface area contributed by atoms with E-state index in [2.05, 4.69) is 6.08 Å². The van der Waals surface area contributed by atoms with Crippen molar-refractivity contribution in [3.8, 4) is 0 Å². The maximum Gasteiger partial charge on any atom is 0.333 e. The van der Waals surface area contributed by atoms with Gasteiger partial charge in [0, 0.05) is 5.57 Å². The molecule has 74 valence electrons. The number of ether oxygens (including phenoxy) is 1. The SMILES string of the molecule is CC=CCCC=C(C)C(=O)OCC. The monoisotopic (exact) mass is 182 g/mol. The first-order valence-electron chi connectivity index (χ1n) is 4.67. The van der Waals surface area contributed by atoms with E-state index < -0.39 is 0 Å². The first kappa shape index (κ1) is 11.9. The summed E-state index contributed by atoms with van der Waals surface area (Å²) in [6.07, 6.45) is 7.88. The Labute approximate surface area is 80.3 Å². The zero-order valence-electron chi connectivity index (χ0n) is 8.67. The molecule has 0 bridgehead atoms. The lowest BCUT2D eigenvalue weighted by atomic mass is 10.2. The third kappa shape index (κ3) is 6.14. The Morgan fingerprint density at radius 1 is 1.38 bits per heavy atom. The van der Waals surface area contributed by atoms with E-state index in [-0.39, 0.29) is 5.97 Å². The topological polar surface area (TPSA) is 26.3 Å². The van der Waals surface area contributed by atoms with Gasteiger partial charge >= 0.3 is 5.97 Å². The third-order valence-corrected chi connectivity index (χ3v) is 1.62. The number of carbonyl (C=O) groups excluding carboxylic acids is 1. The molecule has 0 radical (unpaired) electrons. The maximum absolute atomic E-state index is 11.1. The molecule has 0 rings (SSSR count). The molecule has 0 aliphatic rings. The molecule has 0 saturated heterocycles. The van der Waals surface area contributed by atoms with Crippen molar-refractivity contribution in [2.24, 2.45) is 0 Å². The van der Waals surface area contributed by atoms with E-state index >= 15 is 0 Å². The number of unbranched alkanes of at least 4 members (excludes halogenated alkanes) is 1. The summed E-state index contributed by atoms with van der Waals surface area (Å²) >= 11 is 0. The van der Waals surface area contributed by atoms with Crippen molar-refractivity contribution in [2.45, 2.75) is 33.6 Å². The number of carbonyl (C=O) groups is 1. The predicted octanol–water partition coefficient (Wildman–Crippen LogP) is 2.85. The molecule has 0 aromatic carbocycles.